The molecular weight excluding hydrogens is 392 g/mol. The highest BCUT2D eigenvalue weighted by Gasteiger charge is 2.14. The number of benzene rings is 2. The van der Waals surface area contributed by atoms with Gasteiger partial charge < -0.3 is 4.42 Å². The molecule has 0 amide bonds. The molecule has 0 unspecified atom stereocenters. The van der Waals surface area contributed by atoms with Crippen LogP contribution in [-0.2, 0) is 6.42 Å². The van der Waals surface area contributed by atoms with Gasteiger partial charge in [-0.2, -0.15) is 0 Å². The standard InChI is InChI=1S/C29H28N2O/c1-4-22(5-2)23-12-10-20(11-13-23)17-21-15-16-30-27(18-21)26-8-6-7-24-25-14-9-19(3)31-29(25)32-28(24)26/h6-16,18,22H,4-5,17H2,1-3H3/i3D3. The first-order valence-corrected chi connectivity index (χ1v) is 11.2. The Labute approximate surface area is 193 Å². The van der Waals surface area contributed by atoms with Crippen molar-refractivity contribution >= 4 is 22.1 Å². The number of hydrogen-bond acceptors (Lipinski definition) is 3. The van der Waals surface area contributed by atoms with Gasteiger partial charge in [-0.05, 0) is 79.1 Å². The molecule has 0 aliphatic heterocycles. The van der Waals surface area contributed by atoms with Gasteiger partial charge in [-0.1, -0.05) is 50.2 Å². The quantitative estimate of drug-likeness (QED) is 0.279. The van der Waals surface area contributed by atoms with E-state index >= 15 is 0 Å². The summed E-state index contributed by atoms with van der Waals surface area (Å²) in [6.45, 7) is 2.20. The minimum atomic E-state index is -2.28. The number of furan rings is 1. The first kappa shape index (κ1) is 17.1. The van der Waals surface area contributed by atoms with Crippen molar-refractivity contribution in [3.05, 3.63) is 95.3 Å². The normalized spacial score (nSPS) is 13.4. The molecule has 32 heavy (non-hydrogen) atoms. The van der Waals surface area contributed by atoms with Crippen LogP contribution in [-0.4, -0.2) is 9.97 Å². The van der Waals surface area contributed by atoms with E-state index in [9.17, 15) is 0 Å². The van der Waals surface area contributed by atoms with Gasteiger partial charge in [-0.3, -0.25) is 4.98 Å². The van der Waals surface area contributed by atoms with Gasteiger partial charge in [-0.15, -0.1) is 0 Å². The lowest BCUT2D eigenvalue weighted by Gasteiger charge is -2.13. The number of rotatable bonds is 6. The van der Waals surface area contributed by atoms with E-state index in [1.807, 2.05) is 30.5 Å². The largest absolute Gasteiger partial charge is 0.437 e. The summed E-state index contributed by atoms with van der Waals surface area (Å²) in [6.07, 6.45) is 4.96. The maximum atomic E-state index is 7.65. The van der Waals surface area contributed by atoms with Gasteiger partial charge in [0.15, 0.2) is 0 Å². The van der Waals surface area contributed by atoms with Crippen molar-refractivity contribution in [1.82, 2.24) is 9.97 Å². The van der Waals surface area contributed by atoms with Crippen LogP contribution in [0.5, 0.6) is 0 Å². The number of fused-ring (bicyclic) bond motifs is 3. The van der Waals surface area contributed by atoms with E-state index in [0.29, 0.717) is 17.2 Å². The molecule has 0 aliphatic carbocycles. The molecule has 3 nitrogen and oxygen atoms in total. The van der Waals surface area contributed by atoms with Crippen LogP contribution < -0.4 is 0 Å². The minimum absolute atomic E-state index is 0.0286. The second kappa shape index (κ2) is 8.58. The molecule has 2 aromatic carbocycles. The monoisotopic (exact) mass is 423 g/mol. The summed E-state index contributed by atoms with van der Waals surface area (Å²) >= 11 is 0. The molecule has 160 valence electrons. The van der Waals surface area contributed by atoms with Crippen molar-refractivity contribution in [3.8, 4) is 11.3 Å². The Balaban J connectivity index is 1.49. The average molecular weight is 424 g/mol. The lowest BCUT2D eigenvalue weighted by atomic mass is 9.92. The van der Waals surface area contributed by atoms with E-state index in [-0.39, 0.29) is 5.69 Å². The van der Waals surface area contributed by atoms with Gasteiger partial charge in [0.2, 0.25) is 5.71 Å². The van der Waals surface area contributed by atoms with Crippen LogP contribution in [0.2, 0.25) is 0 Å². The summed E-state index contributed by atoms with van der Waals surface area (Å²) in [5, 5.41) is 1.69. The molecule has 0 fully saturated rings. The van der Waals surface area contributed by atoms with Gasteiger partial charge in [0.1, 0.15) is 5.58 Å². The fourth-order valence-corrected chi connectivity index (χ4v) is 4.52. The third-order valence-electron chi connectivity index (χ3n) is 6.31. The Morgan fingerprint density at radius 2 is 1.75 bits per heavy atom. The van der Waals surface area contributed by atoms with Gasteiger partial charge >= 0.3 is 0 Å². The predicted octanol–water partition coefficient (Wildman–Crippen LogP) is 7.85. The van der Waals surface area contributed by atoms with Crippen molar-refractivity contribution in [2.24, 2.45) is 0 Å². The molecule has 0 saturated heterocycles. The Hall–Kier alpha value is -3.46. The van der Waals surface area contributed by atoms with Crippen LogP contribution >= 0.6 is 0 Å². The third-order valence-corrected chi connectivity index (χ3v) is 6.31. The van der Waals surface area contributed by atoms with Crippen LogP contribution in [0.15, 0.2) is 77.3 Å². The molecular formula is C29H28N2O. The van der Waals surface area contributed by atoms with Crippen LogP contribution in [0, 0.1) is 6.85 Å². The Bertz CT molecular complexity index is 1480. The first-order valence-electron chi connectivity index (χ1n) is 12.7. The molecule has 0 bridgehead atoms. The Kier molecular flexibility index (Phi) is 4.60. The first-order chi connectivity index (χ1) is 16.9. The summed E-state index contributed by atoms with van der Waals surface area (Å²) in [5.41, 5.74) is 6.54. The van der Waals surface area contributed by atoms with Gasteiger partial charge in [-0.25, -0.2) is 4.98 Å². The molecule has 0 aliphatic rings. The van der Waals surface area contributed by atoms with Crippen LogP contribution in [0.3, 0.4) is 0 Å². The average Bonchev–Trinajstić information content (AvgIpc) is 3.23. The molecule has 5 rings (SSSR count). The highest BCUT2D eigenvalue weighted by molar-refractivity contribution is 6.08. The Morgan fingerprint density at radius 1 is 0.906 bits per heavy atom. The second-order valence-corrected chi connectivity index (χ2v) is 8.31. The number of aromatic nitrogens is 2. The third kappa shape index (κ3) is 3.80. The maximum Gasteiger partial charge on any atom is 0.227 e. The Morgan fingerprint density at radius 3 is 2.53 bits per heavy atom. The number of aryl methyl sites for hydroxylation is 1. The molecule has 0 spiro atoms. The summed E-state index contributed by atoms with van der Waals surface area (Å²) in [7, 11) is 0. The number of nitrogens with zero attached hydrogens (tertiary/aromatic N) is 2. The molecule has 3 heterocycles. The van der Waals surface area contributed by atoms with Gasteiger partial charge in [0.25, 0.3) is 0 Å². The number of para-hydroxylation sites is 1. The fourth-order valence-electron chi connectivity index (χ4n) is 4.52. The molecule has 0 N–H and O–H groups in total. The number of pyridine rings is 2. The summed E-state index contributed by atoms with van der Waals surface area (Å²) in [6, 6.07) is 22.3. The highest BCUT2D eigenvalue weighted by atomic mass is 16.3. The zero-order valence-corrected chi connectivity index (χ0v) is 18.4. The molecule has 3 aromatic heterocycles. The molecule has 0 radical (unpaired) electrons. The summed E-state index contributed by atoms with van der Waals surface area (Å²) < 4.78 is 29.0. The van der Waals surface area contributed by atoms with Crippen LogP contribution in [0.25, 0.3) is 33.3 Å². The lowest BCUT2D eigenvalue weighted by molar-refractivity contribution is 0.641. The van der Waals surface area contributed by atoms with E-state index in [1.54, 1.807) is 12.1 Å². The summed E-state index contributed by atoms with van der Waals surface area (Å²) in [4.78, 5) is 8.89. The van der Waals surface area contributed by atoms with E-state index in [2.05, 4.69) is 54.1 Å². The minimum Gasteiger partial charge on any atom is -0.437 e. The second-order valence-electron chi connectivity index (χ2n) is 8.31. The van der Waals surface area contributed by atoms with Gasteiger partial charge in [0.05, 0.1) is 5.69 Å². The zero-order chi connectivity index (χ0) is 24.6. The number of hydrogen-bond donors (Lipinski definition) is 0. The topological polar surface area (TPSA) is 38.9 Å². The lowest BCUT2D eigenvalue weighted by Crippen LogP contribution is -1.96. The van der Waals surface area contributed by atoms with Crippen molar-refractivity contribution in [2.45, 2.75) is 45.9 Å². The molecule has 0 atom stereocenters. The van der Waals surface area contributed by atoms with E-state index < -0.39 is 6.85 Å². The SMILES string of the molecule is [2H]C([2H])([2H])c1ccc2c(n1)oc1c(-c3cc(Cc4ccc(C(CC)CC)cc4)ccn3)cccc12. The van der Waals surface area contributed by atoms with Crippen molar-refractivity contribution in [1.29, 1.82) is 0 Å². The molecule has 5 aromatic rings. The van der Waals surface area contributed by atoms with Crippen LogP contribution in [0.1, 0.15) is 59.1 Å². The van der Waals surface area contributed by atoms with Gasteiger partial charge in [0, 0.05) is 32.3 Å². The van der Waals surface area contributed by atoms with Crippen molar-refractivity contribution in [3.63, 3.8) is 0 Å². The fraction of sp³-hybridized carbons (Fsp3) is 0.241. The predicted molar refractivity (Wildman–Crippen MR) is 132 cm³/mol. The van der Waals surface area contributed by atoms with E-state index in [4.69, 9.17) is 8.53 Å². The molecule has 3 heteroatoms. The summed E-state index contributed by atoms with van der Waals surface area (Å²) in [5.74, 6) is 0.617. The zero-order valence-electron chi connectivity index (χ0n) is 21.4. The van der Waals surface area contributed by atoms with E-state index in [1.165, 1.54) is 16.7 Å². The van der Waals surface area contributed by atoms with Crippen molar-refractivity contribution in [2.75, 3.05) is 0 Å². The highest BCUT2D eigenvalue weighted by Crippen LogP contribution is 2.34. The van der Waals surface area contributed by atoms with Crippen LogP contribution in [0.4, 0.5) is 0 Å². The van der Waals surface area contributed by atoms with E-state index in [0.717, 1.165) is 41.3 Å². The van der Waals surface area contributed by atoms with Crippen molar-refractivity contribution < 1.29 is 8.53 Å². The maximum absolute atomic E-state index is 7.65. The molecule has 0 saturated carbocycles. The smallest absolute Gasteiger partial charge is 0.227 e.